The van der Waals surface area contributed by atoms with Crippen molar-refractivity contribution in [2.45, 2.75) is 43.4 Å². The molecule has 21 heavy (non-hydrogen) atoms. The van der Waals surface area contributed by atoms with Gasteiger partial charge in [0.25, 0.3) is 0 Å². The van der Waals surface area contributed by atoms with E-state index >= 15 is 0 Å². The van der Waals surface area contributed by atoms with E-state index in [1.54, 1.807) is 6.21 Å². The van der Waals surface area contributed by atoms with Gasteiger partial charge in [-0.15, -0.1) is 16.9 Å². The fraction of sp³-hybridized carbons (Fsp3) is 0.500. The number of nitrogens with zero attached hydrogens (tertiary/aromatic N) is 2. The van der Waals surface area contributed by atoms with Gasteiger partial charge in [-0.1, -0.05) is 31.4 Å². The molecule has 1 aromatic rings. The number of hydrogen-bond acceptors (Lipinski definition) is 3. The average molecular weight is 304 g/mol. The van der Waals surface area contributed by atoms with Crippen molar-refractivity contribution in [3.63, 3.8) is 0 Å². The second-order valence-electron chi connectivity index (χ2n) is 5.49. The molecule has 1 aliphatic carbocycles. The third-order valence-electron chi connectivity index (χ3n) is 3.72. The molecule has 0 spiro atoms. The van der Waals surface area contributed by atoms with Gasteiger partial charge < -0.3 is 11.5 Å². The first-order valence-corrected chi connectivity index (χ1v) is 8.55. The van der Waals surface area contributed by atoms with E-state index in [2.05, 4.69) is 34.5 Å². The fourth-order valence-electron chi connectivity index (χ4n) is 2.54. The Balaban J connectivity index is 1.76. The Kier molecular flexibility index (Phi) is 6.60. The van der Waals surface area contributed by atoms with Gasteiger partial charge in [-0.2, -0.15) is 5.10 Å². The van der Waals surface area contributed by atoms with Gasteiger partial charge in [-0.25, -0.2) is 0 Å². The van der Waals surface area contributed by atoms with Crippen LogP contribution < -0.4 is 11.5 Å². The van der Waals surface area contributed by atoms with Crippen LogP contribution in [0.2, 0.25) is 0 Å². The summed E-state index contributed by atoms with van der Waals surface area (Å²) >= 11 is 1.98. The van der Waals surface area contributed by atoms with Gasteiger partial charge in [0.15, 0.2) is 0 Å². The SMILES string of the molecule is NC(N)=NN=CCc1ccc(SCC2CCCCC2)cc1. The topological polar surface area (TPSA) is 76.8 Å². The van der Waals surface area contributed by atoms with Crippen LogP contribution in [0.4, 0.5) is 0 Å². The van der Waals surface area contributed by atoms with Crippen LogP contribution >= 0.6 is 11.8 Å². The van der Waals surface area contributed by atoms with Crippen molar-refractivity contribution in [3.8, 4) is 0 Å². The van der Waals surface area contributed by atoms with Gasteiger partial charge >= 0.3 is 0 Å². The summed E-state index contributed by atoms with van der Waals surface area (Å²) in [5, 5.41) is 7.37. The monoisotopic (exact) mass is 304 g/mol. The molecule has 1 saturated carbocycles. The Morgan fingerprint density at radius 2 is 1.86 bits per heavy atom. The van der Waals surface area contributed by atoms with Crippen LogP contribution in [0.15, 0.2) is 39.4 Å². The summed E-state index contributed by atoms with van der Waals surface area (Å²) in [6.45, 7) is 0. The lowest BCUT2D eigenvalue weighted by atomic mass is 9.91. The van der Waals surface area contributed by atoms with Gasteiger partial charge in [-0.05, 0) is 36.5 Å². The zero-order valence-electron chi connectivity index (χ0n) is 12.4. The summed E-state index contributed by atoms with van der Waals surface area (Å²) < 4.78 is 0. The zero-order chi connectivity index (χ0) is 14.9. The largest absolute Gasteiger partial charge is 0.369 e. The van der Waals surface area contributed by atoms with Crippen molar-refractivity contribution >= 4 is 23.9 Å². The molecule has 0 atom stereocenters. The number of nitrogens with two attached hydrogens (primary N) is 2. The smallest absolute Gasteiger partial charge is 0.211 e. The van der Waals surface area contributed by atoms with E-state index in [9.17, 15) is 0 Å². The maximum atomic E-state index is 5.20. The molecule has 0 unspecified atom stereocenters. The van der Waals surface area contributed by atoms with Crippen molar-refractivity contribution < 1.29 is 0 Å². The zero-order valence-corrected chi connectivity index (χ0v) is 13.2. The van der Waals surface area contributed by atoms with Crippen molar-refractivity contribution in [2.75, 3.05) is 5.75 Å². The Bertz CT molecular complexity index is 472. The Morgan fingerprint density at radius 3 is 2.52 bits per heavy atom. The molecular formula is C16H24N4S. The first-order valence-electron chi connectivity index (χ1n) is 7.56. The molecule has 0 amide bonds. The third kappa shape index (κ3) is 6.21. The molecule has 0 saturated heterocycles. The molecule has 5 heteroatoms. The molecule has 2 rings (SSSR count). The number of thioether (sulfide) groups is 1. The molecule has 114 valence electrons. The lowest BCUT2D eigenvalue weighted by Crippen LogP contribution is -2.21. The molecule has 1 fully saturated rings. The van der Waals surface area contributed by atoms with Crippen molar-refractivity contribution in [1.82, 2.24) is 0 Å². The normalized spacial score (nSPS) is 16.2. The summed E-state index contributed by atoms with van der Waals surface area (Å²) in [6.07, 6.45) is 9.53. The number of hydrogen-bond donors (Lipinski definition) is 2. The van der Waals surface area contributed by atoms with Crippen LogP contribution in [0.25, 0.3) is 0 Å². The summed E-state index contributed by atoms with van der Waals surface area (Å²) in [5.74, 6) is 2.15. The van der Waals surface area contributed by atoms with Crippen LogP contribution in [0.5, 0.6) is 0 Å². The average Bonchev–Trinajstić information content (AvgIpc) is 2.51. The highest BCUT2D eigenvalue weighted by Crippen LogP contribution is 2.29. The maximum Gasteiger partial charge on any atom is 0.211 e. The van der Waals surface area contributed by atoms with Crippen LogP contribution in [0, 0.1) is 5.92 Å². The lowest BCUT2D eigenvalue weighted by molar-refractivity contribution is 0.391. The van der Waals surface area contributed by atoms with Gasteiger partial charge in [0.1, 0.15) is 0 Å². The van der Waals surface area contributed by atoms with Crippen LogP contribution in [0.1, 0.15) is 37.7 Å². The molecule has 0 bridgehead atoms. The molecule has 0 aliphatic heterocycles. The number of rotatable bonds is 6. The molecule has 0 radical (unpaired) electrons. The molecule has 1 aliphatic rings. The van der Waals surface area contributed by atoms with E-state index < -0.39 is 0 Å². The summed E-state index contributed by atoms with van der Waals surface area (Å²) in [5.41, 5.74) is 11.6. The summed E-state index contributed by atoms with van der Waals surface area (Å²) in [4.78, 5) is 1.35. The molecular weight excluding hydrogens is 280 g/mol. The summed E-state index contributed by atoms with van der Waals surface area (Å²) in [6, 6.07) is 8.67. The van der Waals surface area contributed by atoms with Crippen molar-refractivity contribution in [1.29, 1.82) is 0 Å². The lowest BCUT2D eigenvalue weighted by Gasteiger charge is -2.20. The van der Waals surface area contributed by atoms with E-state index in [1.807, 2.05) is 11.8 Å². The third-order valence-corrected chi connectivity index (χ3v) is 4.96. The van der Waals surface area contributed by atoms with Crippen LogP contribution in [-0.4, -0.2) is 17.9 Å². The standard InChI is InChI=1S/C16H24N4S/c17-16(18)20-19-11-10-13-6-8-15(9-7-13)21-12-14-4-2-1-3-5-14/h6-9,11,14H,1-5,10,12H2,(H4,17,18,20). The maximum absolute atomic E-state index is 5.20. The van der Waals surface area contributed by atoms with Crippen LogP contribution in [-0.2, 0) is 6.42 Å². The second-order valence-corrected chi connectivity index (χ2v) is 6.58. The van der Waals surface area contributed by atoms with E-state index in [4.69, 9.17) is 11.5 Å². The Morgan fingerprint density at radius 1 is 1.14 bits per heavy atom. The van der Waals surface area contributed by atoms with Crippen LogP contribution in [0.3, 0.4) is 0 Å². The highest BCUT2D eigenvalue weighted by Gasteiger charge is 2.13. The van der Waals surface area contributed by atoms with E-state index in [1.165, 1.54) is 48.3 Å². The predicted octanol–water partition coefficient (Wildman–Crippen LogP) is 3.16. The first kappa shape index (κ1) is 15.9. The van der Waals surface area contributed by atoms with Gasteiger partial charge in [-0.3, -0.25) is 0 Å². The molecule has 0 heterocycles. The minimum atomic E-state index is -0.0132. The molecule has 4 N–H and O–H groups in total. The van der Waals surface area contributed by atoms with E-state index in [0.29, 0.717) is 0 Å². The predicted molar refractivity (Wildman–Crippen MR) is 91.7 cm³/mol. The second kappa shape index (κ2) is 8.72. The summed E-state index contributed by atoms with van der Waals surface area (Å²) in [7, 11) is 0. The fourth-order valence-corrected chi connectivity index (χ4v) is 3.63. The van der Waals surface area contributed by atoms with E-state index in [-0.39, 0.29) is 5.96 Å². The van der Waals surface area contributed by atoms with Crippen molar-refractivity contribution in [3.05, 3.63) is 29.8 Å². The number of benzene rings is 1. The van der Waals surface area contributed by atoms with Gasteiger partial charge in [0.2, 0.25) is 5.96 Å². The molecule has 4 nitrogen and oxygen atoms in total. The molecule has 1 aromatic carbocycles. The highest BCUT2D eigenvalue weighted by molar-refractivity contribution is 7.99. The van der Waals surface area contributed by atoms with E-state index in [0.717, 1.165) is 12.3 Å². The number of guanidine groups is 1. The van der Waals surface area contributed by atoms with Crippen molar-refractivity contribution in [2.24, 2.45) is 27.6 Å². The minimum absolute atomic E-state index is 0.0132. The van der Waals surface area contributed by atoms with Gasteiger partial charge in [0, 0.05) is 23.3 Å². The quantitative estimate of drug-likeness (QED) is 0.367. The highest BCUT2D eigenvalue weighted by atomic mass is 32.2. The minimum Gasteiger partial charge on any atom is -0.369 e. The molecule has 0 aromatic heterocycles. The Labute approximate surface area is 131 Å². The van der Waals surface area contributed by atoms with Gasteiger partial charge in [0.05, 0.1) is 0 Å². The first-order chi connectivity index (χ1) is 10.2. The Hall–Kier alpha value is -1.49.